The molecule has 0 bridgehead atoms. The first-order valence-electron chi connectivity index (χ1n) is 10.7. The molecule has 0 aliphatic carbocycles. The molecular weight excluding hydrogens is 424 g/mol. The monoisotopic (exact) mass is 452 g/mol. The van der Waals surface area contributed by atoms with Crippen LogP contribution in [-0.4, -0.2) is 40.2 Å². The van der Waals surface area contributed by atoms with Crippen LogP contribution in [0.1, 0.15) is 62.4 Å². The number of carbonyl (C=O) groups is 2. The lowest BCUT2D eigenvalue weighted by atomic mass is 10.0. The highest BCUT2D eigenvalue weighted by atomic mass is 32.1. The number of benzene rings is 1. The Morgan fingerprint density at radius 3 is 2.69 bits per heavy atom. The lowest BCUT2D eigenvalue weighted by Gasteiger charge is -2.27. The lowest BCUT2D eigenvalue weighted by molar-refractivity contribution is 0.0600. The van der Waals surface area contributed by atoms with Crippen molar-refractivity contribution in [1.82, 2.24) is 14.7 Å². The Labute approximate surface area is 192 Å². The maximum Gasteiger partial charge on any atom is 0.341 e. The Balaban J connectivity index is 1.61. The maximum absolute atomic E-state index is 13.1. The zero-order valence-corrected chi connectivity index (χ0v) is 19.7. The first-order valence-corrected chi connectivity index (χ1v) is 11.6. The van der Waals surface area contributed by atoms with E-state index in [2.05, 4.69) is 27.4 Å². The van der Waals surface area contributed by atoms with Crippen molar-refractivity contribution < 1.29 is 14.3 Å². The van der Waals surface area contributed by atoms with Gasteiger partial charge in [-0.1, -0.05) is 30.3 Å². The summed E-state index contributed by atoms with van der Waals surface area (Å²) in [5.41, 5.74) is 3.97. The molecule has 168 valence electrons. The van der Waals surface area contributed by atoms with Gasteiger partial charge in [-0.15, -0.1) is 11.3 Å². The van der Waals surface area contributed by atoms with Crippen LogP contribution < -0.4 is 5.32 Å². The second-order valence-electron chi connectivity index (χ2n) is 8.31. The second kappa shape index (κ2) is 9.26. The second-order valence-corrected chi connectivity index (χ2v) is 9.41. The minimum absolute atomic E-state index is 0.0487. The summed E-state index contributed by atoms with van der Waals surface area (Å²) >= 11 is 1.46. The summed E-state index contributed by atoms with van der Waals surface area (Å²) in [5.74, 6) is -0.688. The maximum atomic E-state index is 13.1. The Bertz CT molecular complexity index is 1130. The van der Waals surface area contributed by atoms with Gasteiger partial charge in [-0.05, 0) is 44.4 Å². The summed E-state index contributed by atoms with van der Waals surface area (Å²) in [6.45, 7) is 8.25. The highest BCUT2D eigenvalue weighted by molar-refractivity contribution is 7.17. The number of aryl methyl sites for hydroxylation is 1. The molecule has 0 radical (unpaired) electrons. The number of carbonyl (C=O) groups excluding carboxylic acids is 2. The lowest BCUT2D eigenvalue weighted by Crippen LogP contribution is -2.29. The summed E-state index contributed by atoms with van der Waals surface area (Å²) in [4.78, 5) is 29.2. The highest BCUT2D eigenvalue weighted by Crippen LogP contribution is 2.38. The van der Waals surface area contributed by atoms with Crippen LogP contribution in [0.15, 0.2) is 36.4 Å². The number of nitrogens with zero attached hydrogens (tertiary/aromatic N) is 3. The number of anilines is 1. The number of methoxy groups -OCH3 is 1. The number of thiophene rings is 1. The molecule has 0 saturated heterocycles. The minimum atomic E-state index is -0.414. The average molecular weight is 453 g/mol. The van der Waals surface area contributed by atoms with E-state index in [1.165, 1.54) is 24.0 Å². The number of aromatic nitrogens is 2. The molecule has 0 unspecified atom stereocenters. The Kier molecular flexibility index (Phi) is 6.43. The molecule has 0 spiro atoms. The van der Waals surface area contributed by atoms with E-state index in [9.17, 15) is 9.59 Å². The van der Waals surface area contributed by atoms with Gasteiger partial charge in [0.2, 0.25) is 0 Å². The molecule has 3 aromatic rings. The van der Waals surface area contributed by atoms with Gasteiger partial charge in [0.15, 0.2) is 0 Å². The number of ether oxygens (including phenoxy) is 1. The molecule has 1 N–H and O–H groups in total. The van der Waals surface area contributed by atoms with Gasteiger partial charge in [0, 0.05) is 30.6 Å². The van der Waals surface area contributed by atoms with E-state index in [4.69, 9.17) is 4.74 Å². The van der Waals surface area contributed by atoms with Crippen molar-refractivity contribution in [3.8, 4) is 0 Å². The number of nitrogens with one attached hydrogen (secondary N) is 1. The van der Waals surface area contributed by atoms with Gasteiger partial charge in [0.1, 0.15) is 10.7 Å². The number of hydrogen-bond donors (Lipinski definition) is 1. The molecule has 2 aromatic heterocycles. The fourth-order valence-electron chi connectivity index (χ4n) is 4.09. The molecule has 0 saturated carbocycles. The van der Waals surface area contributed by atoms with E-state index in [-0.39, 0.29) is 11.9 Å². The largest absolute Gasteiger partial charge is 0.465 e. The summed E-state index contributed by atoms with van der Waals surface area (Å²) < 4.78 is 6.77. The molecule has 0 fully saturated rings. The van der Waals surface area contributed by atoms with E-state index in [1.54, 1.807) is 10.7 Å². The summed E-state index contributed by atoms with van der Waals surface area (Å²) in [7, 11) is 1.37. The van der Waals surface area contributed by atoms with Crippen LogP contribution in [0.25, 0.3) is 0 Å². The number of esters is 1. The third-order valence-corrected chi connectivity index (χ3v) is 6.71. The van der Waals surface area contributed by atoms with Crippen molar-refractivity contribution in [2.45, 2.75) is 46.3 Å². The average Bonchev–Trinajstić information content (AvgIpc) is 3.34. The van der Waals surface area contributed by atoms with Crippen LogP contribution in [0.4, 0.5) is 5.00 Å². The summed E-state index contributed by atoms with van der Waals surface area (Å²) in [5, 5.41) is 7.94. The van der Waals surface area contributed by atoms with Gasteiger partial charge in [-0.2, -0.15) is 5.10 Å². The standard InChI is InChI=1S/C24H28N4O3S/c1-15(2)28-19(12-16(3)26-28)22(29)25-23-21(24(30)31-4)18-10-11-27(14-20(18)32-23)13-17-8-6-5-7-9-17/h5-9,12,15H,10-11,13-14H2,1-4H3,(H,25,29). The first kappa shape index (κ1) is 22.2. The van der Waals surface area contributed by atoms with Gasteiger partial charge in [0.25, 0.3) is 5.91 Å². The van der Waals surface area contributed by atoms with Crippen molar-refractivity contribution in [1.29, 1.82) is 0 Å². The third-order valence-electron chi connectivity index (χ3n) is 5.58. The Morgan fingerprint density at radius 1 is 1.25 bits per heavy atom. The van der Waals surface area contributed by atoms with Crippen molar-refractivity contribution in [3.05, 3.63) is 69.4 Å². The number of rotatable bonds is 6. The zero-order valence-electron chi connectivity index (χ0n) is 18.8. The van der Waals surface area contributed by atoms with E-state index >= 15 is 0 Å². The van der Waals surface area contributed by atoms with Gasteiger partial charge in [-0.25, -0.2) is 4.79 Å². The topological polar surface area (TPSA) is 76.5 Å². The fraction of sp³-hybridized carbons (Fsp3) is 0.375. The van der Waals surface area contributed by atoms with Gasteiger partial charge in [-0.3, -0.25) is 14.4 Å². The van der Waals surface area contributed by atoms with Crippen LogP contribution >= 0.6 is 11.3 Å². The van der Waals surface area contributed by atoms with Gasteiger partial charge in [0.05, 0.1) is 18.4 Å². The van der Waals surface area contributed by atoms with E-state index in [1.807, 2.05) is 39.0 Å². The highest BCUT2D eigenvalue weighted by Gasteiger charge is 2.30. The van der Waals surface area contributed by atoms with E-state index in [0.717, 1.165) is 42.2 Å². The molecule has 8 heteroatoms. The number of hydrogen-bond acceptors (Lipinski definition) is 6. The van der Waals surface area contributed by atoms with Crippen molar-refractivity contribution in [2.75, 3.05) is 19.0 Å². The van der Waals surface area contributed by atoms with Gasteiger partial charge >= 0.3 is 5.97 Å². The molecule has 32 heavy (non-hydrogen) atoms. The summed E-state index contributed by atoms with van der Waals surface area (Å²) in [6, 6.07) is 12.2. The van der Waals surface area contributed by atoms with Crippen LogP contribution in [0.5, 0.6) is 0 Å². The quantitative estimate of drug-likeness (QED) is 0.560. The smallest absolute Gasteiger partial charge is 0.341 e. The molecule has 1 aliphatic heterocycles. The van der Waals surface area contributed by atoms with E-state index in [0.29, 0.717) is 16.3 Å². The predicted molar refractivity (Wildman–Crippen MR) is 125 cm³/mol. The Morgan fingerprint density at radius 2 is 2.00 bits per heavy atom. The molecule has 3 heterocycles. The Hall–Kier alpha value is -2.97. The molecular formula is C24H28N4O3S. The number of amides is 1. The molecule has 1 aliphatic rings. The van der Waals surface area contributed by atoms with Crippen LogP contribution in [-0.2, 0) is 24.2 Å². The fourth-order valence-corrected chi connectivity index (χ4v) is 5.36. The molecule has 4 rings (SSSR count). The molecule has 0 atom stereocenters. The van der Waals surface area contributed by atoms with E-state index < -0.39 is 5.97 Å². The van der Waals surface area contributed by atoms with Crippen LogP contribution in [0.2, 0.25) is 0 Å². The molecule has 7 nitrogen and oxygen atoms in total. The van der Waals surface area contributed by atoms with Crippen LogP contribution in [0, 0.1) is 6.92 Å². The third kappa shape index (κ3) is 4.47. The van der Waals surface area contributed by atoms with Crippen LogP contribution in [0.3, 0.4) is 0 Å². The van der Waals surface area contributed by atoms with Crippen molar-refractivity contribution in [2.24, 2.45) is 0 Å². The first-order chi connectivity index (χ1) is 15.4. The minimum Gasteiger partial charge on any atom is -0.465 e. The summed E-state index contributed by atoms with van der Waals surface area (Å²) in [6.07, 6.45) is 0.738. The predicted octanol–water partition coefficient (Wildman–Crippen LogP) is 4.43. The number of fused-ring (bicyclic) bond motifs is 1. The van der Waals surface area contributed by atoms with Crippen molar-refractivity contribution >= 4 is 28.2 Å². The SMILES string of the molecule is COC(=O)c1c(NC(=O)c2cc(C)nn2C(C)C)sc2c1CCN(Cc1ccccc1)C2. The molecule has 1 aromatic carbocycles. The molecule has 1 amide bonds. The van der Waals surface area contributed by atoms with Gasteiger partial charge < -0.3 is 10.1 Å². The normalized spacial score (nSPS) is 13.8. The van der Waals surface area contributed by atoms with Crippen molar-refractivity contribution in [3.63, 3.8) is 0 Å². The zero-order chi connectivity index (χ0) is 22.8.